The van der Waals surface area contributed by atoms with Gasteiger partial charge in [0.15, 0.2) is 0 Å². The van der Waals surface area contributed by atoms with Gasteiger partial charge in [-0.3, -0.25) is 0 Å². The predicted molar refractivity (Wildman–Crippen MR) is 83.9 cm³/mol. The first-order valence-electron chi connectivity index (χ1n) is 6.90. The average molecular weight is 282 g/mol. The summed E-state index contributed by atoms with van der Waals surface area (Å²) < 4.78 is 5.72. The molecule has 0 heterocycles. The number of anilines is 1. The fourth-order valence-electron chi connectivity index (χ4n) is 2.09. The molecule has 0 radical (unpaired) electrons. The molecule has 106 valence electrons. The fourth-order valence-corrected chi connectivity index (χ4v) is 2.36. The van der Waals surface area contributed by atoms with Crippen molar-refractivity contribution in [2.24, 2.45) is 0 Å². The highest BCUT2D eigenvalue weighted by Crippen LogP contribution is 2.27. The van der Waals surface area contributed by atoms with E-state index in [1.165, 1.54) is 0 Å². The number of aryl methyl sites for hydroxylation is 1. The molecule has 1 unspecified atom stereocenters. The third-order valence-electron chi connectivity index (χ3n) is 3.01. The molecule has 0 aliphatic carbocycles. The maximum Gasteiger partial charge on any atom is 0.0643 e. The third-order valence-corrected chi connectivity index (χ3v) is 3.33. The van der Waals surface area contributed by atoms with Crippen molar-refractivity contribution in [1.29, 1.82) is 0 Å². The van der Waals surface area contributed by atoms with Gasteiger partial charge < -0.3 is 10.1 Å². The van der Waals surface area contributed by atoms with Crippen molar-refractivity contribution in [1.82, 2.24) is 0 Å². The van der Waals surface area contributed by atoms with E-state index < -0.39 is 0 Å². The minimum absolute atomic E-state index is 0.234. The van der Waals surface area contributed by atoms with E-state index in [-0.39, 0.29) is 6.10 Å². The summed E-state index contributed by atoms with van der Waals surface area (Å²) in [6.45, 7) is 11.1. The summed E-state index contributed by atoms with van der Waals surface area (Å²) in [6.07, 6.45) is 3.21. The van der Waals surface area contributed by atoms with Gasteiger partial charge in [-0.25, -0.2) is 0 Å². The number of nitrogens with one attached hydrogen (secondary N) is 1. The molecule has 0 bridgehead atoms. The van der Waals surface area contributed by atoms with Crippen molar-refractivity contribution in [3.63, 3.8) is 0 Å². The van der Waals surface area contributed by atoms with Crippen molar-refractivity contribution >= 4 is 17.3 Å². The van der Waals surface area contributed by atoms with Crippen molar-refractivity contribution < 1.29 is 4.74 Å². The van der Waals surface area contributed by atoms with Gasteiger partial charge in [-0.1, -0.05) is 43.7 Å². The van der Waals surface area contributed by atoms with E-state index in [1.807, 2.05) is 32.0 Å². The van der Waals surface area contributed by atoms with Crippen LogP contribution in [0.3, 0.4) is 0 Å². The molecule has 0 saturated carbocycles. The van der Waals surface area contributed by atoms with E-state index in [1.54, 1.807) is 0 Å². The summed E-state index contributed by atoms with van der Waals surface area (Å²) in [5, 5.41) is 4.05. The molecule has 0 spiro atoms. The fraction of sp³-hybridized carbons (Fsp3) is 0.500. The van der Waals surface area contributed by atoms with Crippen molar-refractivity contribution in [3.05, 3.63) is 41.1 Å². The minimum atomic E-state index is 0.234. The van der Waals surface area contributed by atoms with E-state index in [0.29, 0.717) is 0 Å². The van der Waals surface area contributed by atoms with E-state index in [0.717, 1.165) is 47.8 Å². The van der Waals surface area contributed by atoms with Gasteiger partial charge in [0.2, 0.25) is 0 Å². The summed E-state index contributed by atoms with van der Waals surface area (Å²) in [6, 6.07) is 5.87. The third kappa shape index (κ3) is 5.25. The lowest BCUT2D eigenvalue weighted by Crippen LogP contribution is -2.16. The summed E-state index contributed by atoms with van der Waals surface area (Å²) in [5.74, 6) is 0. The van der Waals surface area contributed by atoms with Crippen LogP contribution in [0.4, 0.5) is 5.69 Å². The van der Waals surface area contributed by atoms with Crippen LogP contribution >= 0.6 is 11.6 Å². The first kappa shape index (κ1) is 16.1. The molecule has 1 N–H and O–H groups in total. The number of halogens is 1. The predicted octanol–water partition coefficient (Wildman–Crippen LogP) is 5.17. The Morgan fingerprint density at radius 3 is 2.74 bits per heavy atom. The maximum absolute atomic E-state index is 6.20. The number of benzene rings is 1. The second-order valence-electron chi connectivity index (χ2n) is 4.73. The molecule has 0 fully saturated rings. The van der Waals surface area contributed by atoms with Crippen LogP contribution < -0.4 is 5.32 Å². The first-order valence-corrected chi connectivity index (χ1v) is 7.27. The van der Waals surface area contributed by atoms with E-state index in [4.69, 9.17) is 16.3 Å². The zero-order chi connectivity index (χ0) is 14.3. The Balaban J connectivity index is 2.63. The lowest BCUT2D eigenvalue weighted by Gasteiger charge is -2.20. The molecule has 3 heteroatoms. The average Bonchev–Trinajstić information content (AvgIpc) is 2.35. The van der Waals surface area contributed by atoms with E-state index in [9.17, 15) is 0 Å². The van der Waals surface area contributed by atoms with E-state index in [2.05, 4.69) is 18.8 Å². The number of ether oxygens (including phenoxy) is 1. The topological polar surface area (TPSA) is 21.3 Å². The summed E-state index contributed by atoms with van der Waals surface area (Å²) in [7, 11) is 0. The standard InChI is InChI=1S/C16H24ClNO/c1-5-8-14(19-6-2)11-13(4)18-16-12(3)9-7-10-15(16)17/h7,9-10,14,18H,4-6,8,11H2,1-3H3. The summed E-state index contributed by atoms with van der Waals surface area (Å²) in [4.78, 5) is 0. The van der Waals surface area contributed by atoms with Crippen molar-refractivity contribution in [2.75, 3.05) is 11.9 Å². The molecular weight excluding hydrogens is 258 g/mol. The molecule has 1 aromatic carbocycles. The molecule has 1 aromatic rings. The van der Waals surface area contributed by atoms with Gasteiger partial charge >= 0.3 is 0 Å². The number of para-hydroxylation sites is 1. The van der Waals surface area contributed by atoms with Crippen molar-refractivity contribution in [2.45, 2.75) is 46.1 Å². The second-order valence-corrected chi connectivity index (χ2v) is 5.14. The van der Waals surface area contributed by atoms with Gasteiger partial charge in [0, 0.05) is 18.7 Å². The number of rotatable bonds is 8. The summed E-state index contributed by atoms with van der Waals surface area (Å²) in [5.41, 5.74) is 3.01. The Morgan fingerprint density at radius 2 is 2.16 bits per heavy atom. The lowest BCUT2D eigenvalue weighted by atomic mass is 10.1. The Morgan fingerprint density at radius 1 is 1.42 bits per heavy atom. The van der Waals surface area contributed by atoms with Gasteiger partial charge in [-0.05, 0) is 31.9 Å². The Bertz CT molecular complexity index is 391. The Hall–Kier alpha value is -0.990. The van der Waals surface area contributed by atoms with Gasteiger partial charge in [0.25, 0.3) is 0 Å². The Labute approximate surface area is 121 Å². The molecule has 0 aliphatic heterocycles. The second kappa shape index (κ2) is 8.23. The normalized spacial score (nSPS) is 12.2. The van der Waals surface area contributed by atoms with Crippen LogP contribution in [0, 0.1) is 6.92 Å². The van der Waals surface area contributed by atoms with Crippen LogP contribution in [0.1, 0.15) is 38.7 Å². The largest absolute Gasteiger partial charge is 0.378 e. The minimum Gasteiger partial charge on any atom is -0.378 e. The quantitative estimate of drug-likeness (QED) is 0.710. The van der Waals surface area contributed by atoms with Gasteiger partial charge in [-0.15, -0.1) is 0 Å². The van der Waals surface area contributed by atoms with Crippen LogP contribution in [-0.2, 0) is 4.74 Å². The monoisotopic (exact) mass is 281 g/mol. The van der Waals surface area contributed by atoms with Crippen LogP contribution in [0.25, 0.3) is 0 Å². The Kier molecular flexibility index (Phi) is 6.96. The van der Waals surface area contributed by atoms with Gasteiger partial charge in [-0.2, -0.15) is 0 Å². The van der Waals surface area contributed by atoms with Gasteiger partial charge in [0.1, 0.15) is 0 Å². The maximum atomic E-state index is 6.20. The highest BCUT2D eigenvalue weighted by Gasteiger charge is 2.11. The van der Waals surface area contributed by atoms with Crippen LogP contribution in [-0.4, -0.2) is 12.7 Å². The van der Waals surface area contributed by atoms with Crippen LogP contribution in [0.15, 0.2) is 30.5 Å². The molecule has 0 aromatic heterocycles. The first-order chi connectivity index (χ1) is 9.08. The molecule has 19 heavy (non-hydrogen) atoms. The molecule has 2 nitrogen and oxygen atoms in total. The smallest absolute Gasteiger partial charge is 0.0643 e. The lowest BCUT2D eigenvalue weighted by molar-refractivity contribution is 0.0569. The van der Waals surface area contributed by atoms with Gasteiger partial charge in [0.05, 0.1) is 16.8 Å². The van der Waals surface area contributed by atoms with E-state index >= 15 is 0 Å². The highest BCUT2D eigenvalue weighted by atomic mass is 35.5. The van der Waals surface area contributed by atoms with Crippen LogP contribution in [0.5, 0.6) is 0 Å². The zero-order valence-corrected chi connectivity index (χ0v) is 12.9. The molecular formula is C16H24ClNO. The molecule has 1 atom stereocenters. The number of hydrogen-bond donors (Lipinski definition) is 1. The summed E-state index contributed by atoms with van der Waals surface area (Å²) >= 11 is 6.20. The SMILES string of the molecule is C=C(CC(CCC)OCC)Nc1c(C)cccc1Cl. The molecule has 1 rings (SSSR count). The van der Waals surface area contributed by atoms with Crippen molar-refractivity contribution in [3.8, 4) is 0 Å². The molecule has 0 aliphatic rings. The molecule has 0 amide bonds. The highest BCUT2D eigenvalue weighted by molar-refractivity contribution is 6.33. The number of hydrogen-bond acceptors (Lipinski definition) is 2. The van der Waals surface area contributed by atoms with Crippen LogP contribution in [0.2, 0.25) is 5.02 Å². The zero-order valence-electron chi connectivity index (χ0n) is 12.1. The molecule has 0 saturated heterocycles.